The summed E-state index contributed by atoms with van der Waals surface area (Å²) in [6.45, 7) is 1.94. The van der Waals surface area contributed by atoms with Crippen LogP contribution in [0.5, 0.6) is 0 Å². The highest BCUT2D eigenvalue weighted by atomic mass is 32.1. The number of amidine groups is 1. The van der Waals surface area contributed by atoms with Crippen LogP contribution in [-0.2, 0) is 22.9 Å². The lowest BCUT2D eigenvalue weighted by atomic mass is 9.77. The first-order valence-corrected chi connectivity index (χ1v) is 13.1. The van der Waals surface area contributed by atoms with Gasteiger partial charge in [0.25, 0.3) is 0 Å². The quantitative estimate of drug-likeness (QED) is 0.391. The van der Waals surface area contributed by atoms with Crippen LogP contribution >= 0.6 is 11.3 Å². The number of alkyl halides is 3. The summed E-state index contributed by atoms with van der Waals surface area (Å²) in [4.78, 5) is 25.9. The first-order valence-electron chi connectivity index (χ1n) is 12.3. The zero-order valence-corrected chi connectivity index (χ0v) is 22.1. The first kappa shape index (κ1) is 26.8. The maximum atomic E-state index is 13.2. The number of ether oxygens (including phenoxy) is 1. The molecule has 1 atom stereocenters. The molecule has 5 rings (SSSR count). The largest absolute Gasteiger partial charge is 0.465 e. The fraction of sp³-hybridized carbons (Fsp3) is 0.286. The fourth-order valence-electron chi connectivity index (χ4n) is 4.79. The molecule has 1 unspecified atom stereocenters. The molecule has 39 heavy (non-hydrogen) atoms. The fourth-order valence-corrected chi connectivity index (χ4v) is 5.82. The van der Waals surface area contributed by atoms with Crippen molar-refractivity contribution in [1.82, 2.24) is 15.3 Å². The number of carbonyl (C=O) groups excluding carboxylic acids is 1. The van der Waals surface area contributed by atoms with Gasteiger partial charge in [0.05, 0.1) is 34.3 Å². The van der Waals surface area contributed by atoms with Crippen LogP contribution in [-0.4, -0.2) is 28.9 Å². The van der Waals surface area contributed by atoms with Gasteiger partial charge >= 0.3 is 12.1 Å². The van der Waals surface area contributed by atoms with Gasteiger partial charge in [-0.2, -0.15) is 13.2 Å². The molecule has 0 saturated heterocycles. The predicted octanol–water partition coefficient (Wildman–Crippen LogP) is 5.89. The van der Waals surface area contributed by atoms with E-state index < -0.39 is 23.2 Å². The molecular weight excluding hydrogens is 527 g/mol. The topological polar surface area (TPSA) is 102 Å². The van der Waals surface area contributed by atoms with E-state index >= 15 is 0 Å². The highest BCUT2D eigenvalue weighted by Gasteiger charge is 2.38. The summed E-state index contributed by atoms with van der Waals surface area (Å²) >= 11 is 1.44. The number of fused-ring (bicyclic) bond motifs is 1. The Morgan fingerprint density at radius 1 is 1.23 bits per heavy atom. The number of benzene rings is 1. The van der Waals surface area contributed by atoms with Crippen LogP contribution < -0.4 is 11.1 Å². The summed E-state index contributed by atoms with van der Waals surface area (Å²) < 4.78 is 44.3. The molecule has 1 aliphatic carbocycles. The number of nitrogens with two attached hydrogens (primary N) is 1. The van der Waals surface area contributed by atoms with E-state index in [9.17, 15) is 18.0 Å². The van der Waals surface area contributed by atoms with Crippen molar-refractivity contribution in [2.24, 2.45) is 10.7 Å². The minimum atomic E-state index is -4.48. The molecule has 3 N–H and O–H groups in total. The van der Waals surface area contributed by atoms with Gasteiger partial charge in [0.1, 0.15) is 10.8 Å². The van der Waals surface area contributed by atoms with Crippen molar-refractivity contribution in [2.75, 3.05) is 7.11 Å². The zero-order chi connectivity index (χ0) is 27.8. The Balaban J connectivity index is 1.45. The number of hydrogen-bond acceptors (Lipinski definition) is 7. The van der Waals surface area contributed by atoms with Crippen molar-refractivity contribution in [1.29, 1.82) is 0 Å². The van der Waals surface area contributed by atoms with Crippen molar-refractivity contribution in [3.8, 4) is 0 Å². The molecular formula is C28H26F3N5O2S. The molecule has 0 amide bonds. The van der Waals surface area contributed by atoms with Crippen LogP contribution in [0.25, 0.3) is 5.70 Å². The SMILES string of the molecule is COC(=O)c1ccc2c(c1)CCCC2(N)c1ncc(C2=CC(C)=CCC(=Nc3cc(C(F)(F)F)ccn3)N2)s1. The van der Waals surface area contributed by atoms with Gasteiger partial charge in [-0.1, -0.05) is 17.7 Å². The van der Waals surface area contributed by atoms with Gasteiger partial charge < -0.3 is 15.8 Å². The number of carbonyl (C=O) groups is 1. The second kappa shape index (κ2) is 10.4. The number of pyridine rings is 1. The van der Waals surface area contributed by atoms with Crippen molar-refractivity contribution in [2.45, 2.75) is 44.3 Å². The van der Waals surface area contributed by atoms with E-state index in [0.29, 0.717) is 24.2 Å². The highest BCUT2D eigenvalue weighted by molar-refractivity contribution is 7.12. The average Bonchev–Trinajstić information content (AvgIpc) is 3.34. The Kier molecular flexibility index (Phi) is 7.13. The molecule has 0 fully saturated rings. The maximum Gasteiger partial charge on any atom is 0.416 e. The van der Waals surface area contributed by atoms with E-state index in [1.807, 2.05) is 31.2 Å². The molecule has 1 aliphatic heterocycles. The van der Waals surface area contributed by atoms with Gasteiger partial charge in [-0.05, 0) is 67.7 Å². The molecule has 11 heteroatoms. The van der Waals surface area contributed by atoms with Gasteiger partial charge in [-0.3, -0.25) is 0 Å². The smallest absolute Gasteiger partial charge is 0.416 e. The number of aliphatic imine (C=N–C) groups is 1. The monoisotopic (exact) mass is 553 g/mol. The number of hydrogen-bond donors (Lipinski definition) is 2. The van der Waals surface area contributed by atoms with E-state index in [1.54, 1.807) is 12.3 Å². The van der Waals surface area contributed by atoms with Crippen molar-refractivity contribution in [3.63, 3.8) is 0 Å². The van der Waals surface area contributed by atoms with E-state index in [4.69, 9.17) is 10.5 Å². The molecule has 2 aliphatic rings. The molecule has 3 heterocycles. The predicted molar refractivity (Wildman–Crippen MR) is 144 cm³/mol. The van der Waals surface area contributed by atoms with Crippen LogP contribution in [0.3, 0.4) is 0 Å². The molecule has 1 aromatic carbocycles. The van der Waals surface area contributed by atoms with E-state index in [1.165, 1.54) is 18.4 Å². The van der Waals surface area contributed by atoms with Gasteiger partial charge in [0.15, 0.2) is 5.82 Å². The number of aryl methyl sites for hydroxylation is 1. The zero-order valence-electron chi connectivity index (χ0n) is 21.3. The van der Waals surface area contributed by atoms with Gasteiger partial charge in [-0.25, -0.2) is 19.8 Å². The second-order valence-corrected chi connectivity index (χ2v) is 10.5. The lowest BCUT2D eigenvalue weighted by molar-refractivity contribution is -0.137. The van der Waals surface area contributed by atoms with Crippen LogP contribution in [0.2, 0.25) is 0 Å². The normalized spacial score (nSPS) is 20.4. The van der Waals surface area contributed by atoms with Gasteiger partial charge in [-0.15, -0.1) is 11.3 Å². The molecule has 2 aromatic heterocycles. The van der Waals surface area contributed by atoms with E-state index in [2.05, 4.69) is 20.3 Å². The molecule has 0 radical (unpaired) electrons. The maximum absolute atomic E-state index is 13.2. The second-order valence-electron chi connectivity index (χ2n) is 9.51. The third kappa shape index (κ3) is 5.50. The molecule has 7 nitrogen and oxygen atoms in total. The van der Waals surface area contributed by atoms with Crippen molar-refractivity contribution in [3.05, 3.63) is 92.6 Å². The van der Waals surface area contributed by atoms with E-state index in [0.717, 1.165) is 63.5 Å². The number of halogens is 3. The van der Waals surface area contributed by atoms with Gasteiger partial charge in [0, 0.05) is 18.8 Å². The Morgan fingerprint density at radius 3 is 2.82 bits per heavy atom. The number of esters is 1. The third-order valence-corrected chi connectivity index (χ3v) is 7.98. The van der Waals surface area contributed by atoms with Crippen LogP contribution in [0.15, 0.2) is 65.4 Å². The number of nitrogens with zero attached hydrogens (tertiary/aromatic N) is 3. The van der Waals surface area contributed by atoms with Crippen LogP contribution in [0.1, 0.15) is 63.1 Å². The number of nitrogens with one attached hydrogen (secondary N) is 1. The Morgan fingerprint density at radius 2 is 2.05 bits per heavy atom. The highest BCUT2D eigenvalue weighted by Crippen LogP contribution is 2.41. The number of aromatic nitrogens is 2. The summed E-state index contributed by atoms with van der Waals surface area (Å²) in [5.41, 5.74) is 9.46. The summed E-state index contributed by atoms with van der Waals surface area (Å²) in [6.07, 6.45) is 4.98. The number of methoxy groups -OCH3 is 1. The minimum Gasteiger partial charge on any atom is -0.465 e. The molecule has 0 bridgehead atoms. The van der Waals surface area contributed by atoms with Crippen molar-refractivity contribution < 1.29 is 22.7 Å². The lowest BCUT2D eigenvalue weighted by Gasteiger charge is -2.34. The summed E-state index contributed by atoms with van der Waals surface area (Å²) in [7, 11) is 1.35. The van der Waals surface area contributed by atoms with E-state index in [-0.39, 0.29) is 5.82 Å². The first-order chi connectivity index (χ1) is 18.6. The minimum absolute atomic E-state index is 0.0318. The number of allylic oxidation sites excluding steroid dienone is 2. The summed E-state index contributed by atoms with van der Waals surface area (Å²) in [5, 5.41) is 3.99. The standard InChI is InChI=1S/C28H26F3N5O2S/c1-16-5-8-23(36-24-14-19(9-11-33-24)28(29,30)31)35-21(12-16)22-15-34-26(39-22)27(32)10-3-4-17-13-18(25(37)38-2)6-7-20(17)27/h5-7,9,11-15H,3-4,8,10,32H2,1-2H3,(H,33,35,36). The Labute approximate surface area is 227 Å². The average molecular weight is 554 g/mol. The Bertz CT molecular complexity index is 1530. The molecule has 0 saturated carbocycles. The summed E-state index contributed by atoms with van der Waals surface area (Å²) in [6, 6.07) is 7.28. The molecule has 202 valence electrons. The molecule has 0 spiro atoms. The third-order valence-electron chi connectivity index (χ3n) is 6.77. The van der Waals surface area contributed by atoms with Crippen LogP contribution in [0, 0.1) is 0 Å². The Hall–Kier alpha value is -3.83. The molecule has 3 aromatic rings. The lowest BCUT2D eigenvalue weighted by Crippen LogP contribution is -2.41. The van der Waals surface area contributed by atoms with Crippen molar-refractivity contribution >= 4 is 34.7 Å². The number of rotatable bonds is 4. The summed E-state index contributed by atoms with van der Waals surface area (Å²) in [5.74, 6) is 0.0338. The van der Waals surface area contributed by atoms with Gasteiger partial charge in [0.2, 0.25) is 0 Å². The number of thiazole rings is 1. The van der Waals surface area contributed by atoms with Crippen LogP contribution in [0.4, 0.5) is 19.0 Å².